The SMILES string of the molecule is CCC/C(=C/C(=O)OCC)c1sc2cc(C(F)(F)F)ccc2c1C. The Kier molecular flexibility index (Phi) is 5.70. The molecule has 0 saturated heterocycles. The highest BCUT2D eigenvalue weighted by atomic mass is 32.1. The Balaban J connectivity index is 2.53. The van der Waals surface area contributed by atoms with Crippen LogP contribution in [0, 0.1) is 6.92 Å². The number of carbonyl (C=O) groups is 1. The van der Waals surface area contributed by atoms with Crippen LogP contribution in [0.1, 0.15) is 42.7 Å². The number of fused-ring (bicyclic) bond motifs is 1. The third-order valence-corrected chi connectivity index (χ3v) is 4.99. The van der Waals surface area contributed by atoms with Crippen LogP contribution < -0.4 is 0 Å². The number of hydrogen-bond acceptors (Lipinski definition) is 3. The Hall–Kier alpha value is -1.82. The predicted molar refractivity (Wildman–Crippen MR) is 91.1 cm³/mol. The van der Waals surface area contributed by atoms with Gasteiger partial charge in [0.05, 0.1) is 12.2 Å². The molecule has 0 saturated carbocycles. The Bertz CT molecular complexity index is 772. The number of aryl methyl sites for hydroxylation is 1. The second kappa shape index (κ2) is 7.38. The molecule has 6 heteroatoms. The van der Waals surface area contributed by atoms with Crippen LogP contribution in [0.25, 0.3) is 15.7 Å². The van der Waals surface area contributed by atoms with Crippen molar-refractivity contribution in [2.45, 2.75) is 39.8 Å². The van der Waals surface area contributed by atoms with Crippen LogP contribution in [0.2, 0.25) is 0 Å². The van der Waals surface area contributed by atoms with E-state index in [1.807, 2.05) is 13.8 Å². The highest BCUT2D eigenvalue weighted by Crippen LogP contribution is 2.40. The summed E-state index contributed by atoms with van der Waals surface area (Å²) in [7, 11) is 0. The van der Waals surface area contributed by atoms with Crippen molar-refractivity contribution in [3.8, 4) is 0 Å². The lowest BCUT2D eigenvalue weighted by atomic mass is 10.0. The summed E-state index contributed by atoms with van der Waals surface area (Å²) in [5.41, 5.74) is 1.05. The van der Waals surface area contributed by atoms with Crippen LogP contribution in [0.15, 0.2) is 24.3 Å². The van der Waals surface area contributed by atoms with Crippen molar-refractivity contribution < 1.29 is 22.7 Å². The number of carbonyl (C=O) groups excluding carboxylic acids is 1. The van der Waals surface area contributed by atoms with Gasteiger partial charge in [0, 0.05) is 15.7 Å². The van der Waals surface area contributed by atoms with E-state index in [2.05, 4.69) is 0 Å². The van der Waals surface area contributed by atoms with E-state index in [1.54, 1.807) is 6.92 Å². The maximum Gasteiger partial charge on any atom is 0.416 e. The number of benzene rings is 1. The van der Waals surface area contributed by atoms with Gasteiger partial charge in [-0.05, 0) is 48.9 Å². The Labute approximate surface area is 142 Å². The van der Waals surface area contributed by atoms with Crippen LogP contribution in [0.4, 0.5) is 13.2 Å². The Morgan fingerprint density at radius 1 is 1.29 bits per heavy atom. The van der Waals surface area contributed by atoms with E-state index in [4.69, 9.17) is 4.74 Å². The minimum absolute atomic E-state index is 0.287. The zero-order valence-electron chi connectivity index (χ0n) is 13.8. The van der Waals surface area contributed by atoms with E-state index in [0.29, 0.717) is 11.1 Å². The van der Waals surface area contributed by atoms with Crippen LogP contribution in [-0.4, -0.2) is 12.6 Å². The van der Waals surface area contributed by atoms with E-state index >= 15 is 0 Å². The van der Waals surface area contributed by atoms with E-state index in [9.17, 15) is 18.0 Å². The average molecular weight is 356 g/mol. The molecule has 0 unspecified atom stereocenters. The van der Waals surface area contributed by atoms with Gasteiger partial charge in [0.25, 0.3) is 0 Å². The van der Waals surface area contributed by atoms with Gasteiger partial charge in [-0.25, -0.2) is 4.79 Å². The van der Waals surface area contributed by atoms with Gasteiger partial charge in [0.15, 0.2) is 0 Å². The van der Waals surface area contributed by atoms with Crippen molar-refractivity contribution in [2.24, 2.45) is 0 Å². The van der Waals surface area contributed by atoms with Gasteiger partial charge < -0.3 is 4.74 Å². The van der Waals surface area contributed by atoms with Crippen molar-refractivity contribution in [1.29, 1.82) is 0 Å². The molecule has 0 spiro atoms. The molecule has 2 nitrogen and oxygen atoms in total. The number of allylic oxidation sites excluding steroid dienone is 1. The van der Waals surface area contributed by atoms with Crippen LogP contribution in [0.5, 0.6) is 0 Å². The van der Waals surface area contributed by atoms with Gasteiger partial charge in [-0.3, -0.25) is 0 Å². The first-order valence-corrected chi connectivity index (χ1v) is 8.57. The fraction of sp³-hybridized carbons (Fsp3) is 0.389. The van der Waals surface area contributed by atoms with Gasteiger partial charge >= 0.3 is 12.1 Å². The van der Waals surface area contributed by atoms with Crippen LogP contribution in [-0.2, 0) is 15.7 Å². The van der Waals surface area contributed by atoms with Gasteiger partial charge in [0.2, 0.25) is 0 Å². The molecule has 0 atom stereocenters. The number of alkyl halides is 3. The predicted octanol–water partition coefficient (Wildman–Crippen LogP) is 5.98. The largest absolute Gasteiger partial charge is 0.463 e. The second-order valence-electron chi connectivity index (χ2n) is 5.44. The molecule has 0 aliphatic rings. The van der Waals surface area contributed by atoms with Crippen molar-refractivity contribution in [3.05, 3.63) is 40.3 Å². The maximum atomic E-state index is 12.9. The molecule has 0 amide bonds. The molecule has 0 N–H and O–H groups in total. The van der Waals surface area contributed by atoms with Crippen LogP contribution in [0.3, 0.4) is 0 Å². The minimum Gasteiger partial charge on any atom is -0.463 e. The molecule has 1 aromatic heterocycles. The number of ether oxygens (including phenoxy) is 1. The molecule has 0 aliphatic carbocycles. The molecule has 24 heavy (non-hydrogen) atoms. The van der Waals surface area contributed by atoms with Gasteiger partial charge in [-0.1, -0.05) is 19.4 Å². The summed E-state index contributed by atoms with van der Waals surface area (Å²) in [6.45, 7) is 5.88. The van der Waals surface area contributed by atoms with Gasteiger partial charge in [-0.15, -0.1) is 11.3 Å². The standard InChI is InChI=1S/C18H19F3O2S/c1-4-6-12(9-16(22)23-5-2)17-11(3)14-8-7-13(18(19,20)21)10-15(14)24-17/h7-10H,4-6H2,1-3H3/b12-9-. The molecule has 0 fully saturated rings. The topological polar surface area (TPSA) is 26.3 Å². The third kappa shape index (κ3) is 3.98. The number of esters is 1. The summed E-state index contributed by atoms with van der Waals surface area (Å²) in [5, 5.41) is 0.786. The summed E-state index contributed by atoms with van der Waals surface area (Å²) < 4.78 is 44.2. The van der Waals surface area contributed by atoms with Crippen LogP contribution >= 0.6 is 11.3 Å². The van der Waals surface area contributed by atoms with E-state index in [-0.39, 0.29) is 6.61 Å². The fourth-order valence-corrected chi connectivity index (χ4v) is 3.85. The average Bonchev–Trinajstić information content (AvgIpc) is 2.83. The van der Waals surface area contributed by atoms with Gasteiger partial charge in [-0.2, -0.15) is 13.2 Å². The smallest absolute Gasteiger partial charge is 0.416 e. The summed E-state index contributed by atoms with van der Waals surface area (Å²) in [5.74, 6) is -0.422. The van der Waals surface area contributed by atoms with Crippen molar-refractivity contribution >= 4 is 33.0 Å². The number of halogens is 3. The molecule has 2 aromatic rings. The maximum absolute atomic E-state index is 12.9. The van der Waals surface area contributed by atoms with Crippen molar-refractivity contribution in [1.82, 2.24) is 0 Å². The number of thiophene rings is 1. The number of hydrogen-bond donors (Lipinski definition) is 0. The summed E-state index contributed by atoms with van der Waals surface area (Å²) >= 11 is 1.29. The molecular weight excluding hydrogens is 337 g/mol. The van der Waals surface area contributed by atoms with E-state index in [0.717, 1.165) is 33.9 Å². The van der Waals surface area contributed by atoms with Crippen molar-refractivity contribution in [2.75, 3.05) is 6.61 Å². The molecule has 0 aliphatic heterocycles. The zero-order valence-corrected chi connectivity index (χ0v) is 14.6. The van der Waals surface area contributed by atoms with E-state index in [1.165, 1.54) is 29.5 Å². The highest BCUT2D eigenvalue weighted by molar-refractivity contribution is 7.20. The monoisotopic (exact) mass is 356 g/mol. The summed E-state index contributed by atoms with van der Waals surface area (Å²) in [6, 6.07) is 3.77. The highest BCUT2D eigenvalue weighted by Gasteiger charge is 2.31. The first-order valence-electron chi connectivity index (χ1n) is 7.76. The fourth-order valence-electron chi connectivity index (χ4n) is 2.55. The lowest BCUT2D eigenvalue weighted by molar-refractivity contribution is -0.138. The minimum atomic E-state index is -4.36. The molecule has 0 bridgehead atoms. The van der Waals surface area contributed by atoms with E-state index < -0.39 is 17.7 Å². The summed E-state index contributed by atoms with van der Waals surface area (Å²) in [6.07, 6.45) is -1.42. The zero-order chi connectivity index (χ0) is 17.9. The first-order chi connectivity index (χ1) is 11.3. The lowest BCUT2D eigenvalue weighted by Gasteiger charge is -2.06. The molecule has 0 radical (unpaired) electrons. The first kappa shape index (κ1) is 18.5. The second-order valence-corrected chi connectivity index (χ2v) is 6.49. The summed E-state index contributed by atoms with van der Waals surface area (Å²) in [4.78, 5) is 12.6. The molecule has 2 rings (SSSR count). The molecule has 1 aromatic carbocycles. The Morgan fingerprint density at radius 3 is 2.58 bits per heavy atom. The quantitative estimate of drug-likeness (QED) is 0.487. The van der Waals surface area contributed by atoms with Gasteiger partial charge in [0.1, 0.15) is 0 Å². The molecule has 130 valence electrons. The molecule has 1 heterocycles. The number of rotatable bonds is 5. The Morgan fingerprint density at radius 2 is 2.00 bits per heavy atom. The third-order valence-electron chi connectivity index (χ3n) is 3.66. The normalized spacial score (nSPS) is 12.7. The lowest BCUT2D eigenvalue weighted by Crippen LogP contribution is -2.03. The van der Waals surface area contributed by atoms with Crippen molar-refractivity contribution in [3.63, 3.8) is 0 Å². The molecular formula is C18H19F3O2S.